The van der Waals surface area contributed by atoms with Crippen molar-refractivity contribution in [2.45, 2.75) is 40.5 Å². The molecule has 1 atom stereocenters. The van der Waals surface area contributed by atoms with Crippen molar-refractivity contribution in [2.75, 3.05) is 0 Å². The Labute approximate surface area is 87.6 Å². The smallest absolute Gasteiger partial charge is 0.142 e. The summed E-state index contributed by atoms with van der Waals surface area (Å²) in [7, 11) is 0. The van der Waals surface area contributed by atoms with Gasteiger partial charge in [0.2, 0.25) is 0 Å². The van der Waals surface area contributed by atoms with Gasteiger partial charge in [-0.05, 0) is 31.3 Å². The minimum atomic E-state index is 0.434. The molecular formula is C13H20O. The molecule has 0 aromatic carbocycles. The highest BCUT2D eigenvalue weighted by Gasteiger charge is 2.13. The molecule has 0 aromatic heterocycles. The average Bonchev–Trinajstić information content (AvgIpc) is 2.17. The van der Waals surface area contributed by atoms with Gasteiger partial charge in [0.1, 0.15) is 6.29 Å². The summed E-state index contributed by atoms with van der Waals surface area (Å²) in [5.41, 5.74) is 1.23. The predicted molar refractivity (Wildman–Crippen MR) is 60.8 cm³/mol. The summed E-state index contributed by atoms with van der Waals surface area (Å²) in [5.74, 6) is 6.86. The molecule has 0 amide bonds. The van der Waals surface area contributed by atoms with Crippen molar-refractivity contribution in [2.24, 2.45) is 11.8 Å². The molecule has 0 aromatic rings. The van der Waals surface area contributed by atoms with Crippen molar-refractivity contribution in [3.05, 3.63) is 11.6 Å². The van der Waals surface area contributed by atoms with Crippen LogP contribution in [-0.2, 0) is 4.79 Å². The molecule has 0 N–H and O–H groups in total. The molecule has 0 saturated carbocycles. The first kappa shape index (κ1) is 13.0. The van der Waals surface area contributed by atoms with Gasteiger partial charge < -0.3 is 0 Å². The van der Waals surface area contributed by atoms with Gasteiger partial charge in [0.05, 0.1) is 0 Å². The zero-order valence-corrected chi connectivity index (χ0v) is 9.63. The van der Waals surface area contributed by atoms with E-state index < -0.39 is 0 Å². The number of allylic oxidation sites excluding steroid dienone is 2. The fourth-order valence-corrected chi connectivity index (χ4v) is 1.60. The third-order valence-corrected chi connectivity index (χ3v) is 2.42. The van der Waals surface area contributed by atoms with E-state index in [0.717, 1.165) is 19.1 Å². The number of hydrogen-bond acceptors (Lipinski definition) is 1. The van der Waals surface area contributed by atoms with Crippen molar-refractivity contribution < 1.29 is 4.79 Å². The van der Waals surface area contributed by atoms with E-state index in [-0.39, 0.29) is 0 Å². The highest BCUT2D eigenvalue weighted by molar-refractivity contribution is 5.66. The zero-order chi connectivity index (χ0) is 11.0. The van der Waals surface area contributed by atoms with Crippen LogP contribution in [0.1, 0.15) is 40.5 Å². The fourth-order valence-electron chi connectivity index (χ4n) is 1.60. The highest BCUT2D eigenvalue weighted by atomic mass is 16.1. The summed E-state index contributed by atoms with van der Waals surface area (Å²) in [5, 5.41) is 0. The molecule has 0 saturated heterocycles. The van der Waals surface area contributed by atoms with Gasteiger partial charge in [-0.25, -0.2) is 0 Å². The van der Waals surface area contributed by atoms with Crippen molar-refractivity contribution in [3.8, 4) is 11.8 Å². The fraction of sp³-hybridized carbons (Fsp3) is 0.615. The van der Waals surface area contributed by atoms with E-state index in [0.29, 0.717) is 11.8 Å². The zero-order valence-electron chi connectivity index (χ0n) is 9.63. The molecule has 1 heteroatoms. The standard InChI is InChI=1S/C13H20O/c1-5-7-8-12(6-2)13(9-10-14)11(3)4/h9-12H,6,8H2,1-4H3. The van der Waals surface area contributed by atoms with Gasteiger partial charge in [-0.3, -0.25) is 4.79 Å². The van der Waals surface area contributed by atoms with Gasteiger partial charge >= 0.3 is 0 Å². The van der Waals surface area contributed by atoms with Crippen LogP contribution < -0.4 is 0 Å². The molecule has 1 nitrogen and oxygen atoms in total. The first-order valence-electron chi connectivity index (χ1n) is 5.22. The van der Waals surface area contributed by atoms with Gasteiger partial charge in [0.25, 0.3) is 0 Å². The Morgan fingerprint density at radius 3 is 2.43 bits per heavy atom. The van der Waals surface area contributed by atoms with E-state index in [4.69, 9.17) is 0 Å². The monoisotopic (exact) mass is 192 g/mol. The first-order chi connectivity index (χ1) is 6.67. The van der Waals surface area contributed by atoms with E-state index >= 15 is 0 Å². The highest BCUT2D eigenvalue weighted by Crippen LogP contribution is 2.25. The van der Waals surface area contributed by atoms with Gasteiger partial charge in [0, 0.05) is 6.42 Å². The SMILES string of the molecule is CC#CCC(CC)C(=CC=O)C(C)C. The van der Waals surface area contributed by atoms with E-state index in [1.165, 1.54) is 5.57 Å². The molecular weight excluding hydrogens is 172 g/mol. The topological polar surface area (TPSA) is 17.1 Å². The summed E-state index contributed by atoms with van der Waals surface area (Å²) in [6, 6.07) is 0. The largest absolute Gasteiger partial charge is 0.299 e. The molecule has 0 aliphatic heterocycles. The third kappa shape index (κ3) is 4.28. The molecule has 0 fully saturated rings. The molecule has 0 radical (unpaired) electrons. The lowest BCUT2D eigenvalue weighted by molar-refractivity contribution is -0.104. The van der Waals surface area contributed by atoms with Gasteiger partial charge in [-0.2, -0.15) is 0 Å². The van der Waals surface area contributed by atoms with Crippen LogP contribution in [0, 0.1) is 23.7 Å². The lowest BCUT2D eigenvalue weighted by atomic mass is 9.86. The number of rotatable bonds is 5. The van der Waals surface area contributed by atoms with Crippen molar-refractivity contribution in [1.29, 1.82) is 0 Å². The summed E-state index contributed by atoms with van der Waals surface area (Å²) in [4.78, 5) is 10.5. The van der Waals surface area contributed by atoms with Gasteiger partial charge in [-0.1, -0.05) is 26.3 Å². The molecule has 0 rings (SSSR count). The van der Waals surface area contributed by atoms with E-state index in [9.17, 15) is 4.79 Å². The quantitative estimate of drug-likeness (QED) is 0.371. The molecule has 0 heterocycles. The average molecular weight is 192 g/mol. The second kappa shape index (κ2) is 7.38. The van der Waals surface area contributed by atoms with Crippen LogP contribution in [0.5, 0.6) is 0 Å². The molecule has 0 bridgehead atoms. The Kier molecular flexibility index (Phi) is 6.84. The summed E-state index contributed by atoms with van der Waals surface area (Å²) < 4.78 is 0. The Morgan fingerprint density at radius 2 is 2.07 bits per heavy atom. The third-order valence-electron chi connectivity index (χ3n) is 2.42. The summed E-state index contributed by atoms with van der Waals surface area (Å²) in [6.07, 6.45) is 4.50. The van der Waals surface area contributed by atoms with Crippen LogP contribution in [0.2, 0.25) is 0 Å². The maximum Gasteiger partial charge on any atom is 0.142 e. The lowest BCUT2D eigenvalue weighted by Crippen LogP contribution is -2.08. The van der Waals surface area contributed by atoms with E-state index in [1.54, 1.807) is 6.08 Å². The summed E-state index contributed by atoms with van der Waals surface area (Å²) >= 11 is 0. The minimum Gasteiger partial charge on any atom is -0.299 e. The first-order valence-corrected chi connectivity index (χ1v) is 5.22. The molecule has 0 spiro atoms. The van der Waals surface area contributed by atoms with Crippen molar-refractivity contribution >= 4 is 6.29 Å². The van der Waals surface area contributed by atoms with Crippen molar-refractivity contribution in [1.82, 2.24) is 0 Å². The Morgan fingerprint density at radius 1 is 1.43 bits per heavy atom. The normalized spacial score (nSPS) is 13.4. The minimum absolute atomic E-state index is 0.434. The maximum absolute atomic E-state index is 10.5. The van der Waals surface area contributed by atoms with Crippen LogP contribution in [-0.4, -0.2) is 6.29 Å². The Hall–Kier alpha value is -1.03. The van der Waals surface area contributed by atoms with E-state index in [1.807, 2.05) is 6.92 Å². The van der Waals surface area contributed by atoms with Crippen LogP contribution in [0.3, 0.4) is 0 Å². The predicted octanol–water partition coefficient (Wildman–Crippen LogP) is 3.21. The van der Waals surface area contributed by atoms with Crippen molar-refractivity contribution in [3.63, 3.8) is 0 Å². The molecule has 0 aliphatic carbocycles. The maximum atomic E-state index is 10.5. The Bertz CT molecular complexity index is 250. The number of carbonyl (C=O) groups is 1. The van der Waals surface area contributed by atoms with Gasteiger partial charge in [0.15, 0.2) is 0 Å². The van der Waals surface area contributed by atoms with Crippen LogP contribution in [0.4, 0.5) is 0 Å². The number of carbonyl (C=O) groups excluding carboxylic acids is 1. The molecule has 14 heavy (non-hydrogen) atoms. The van der Waals surface area contributed by atoms with Crippen LogP contribution >= 0.6 is 0 Å². The van der Waals surface area contributed by atoms with Gasteiger partial charge in [-0.15, -0.1) is 11.8 Å². The molecule has 0 aliphatic rings. The Balaban J connectivity index is 4.64. The van der Waals surface area contributed by atoms with Crippen LogP contribution in [0.25, 0.3) is 0 Å². The number of aldehydes is 1. The number of hydrogen-bond donors (Lipinski definition) is 0. The lowest BCUT2D eigenvalue weighted by Gasteiger charge is -2.19. The summed E-state index contributed by atoms with van der Waals surface area (Å²) in [6.45, 7) is 8.24. The second-order valence-corrected chi connectivity index (χ2v) is 3.69. The van der Waals surface area contributed by atoms with E-state index in [2.05, 4.69) is 32.6 Å². The molecule has 1 unspecified atom stereocenters. The van der Waals surface area contributed by atoms with Crippen LogP contribution in [0.15, 0.2) is 11.6 Å². The molecule has 78 valence electrons. The second-order valence-electron chi connectivity index (χ2n) is 3.69.